The number of rotatable bonds is 3. The fraction of sp³-hybridized carbons (Fsp3) is 0.500. The third kappa shape index (κ3) is 3.61. The van der Waals surface area contributed by atoms with Crippen LogP contribution in [0.25, 0.3) is 0 Å². The molecule has 0 aromatic carbocycles. The summed E-state index contributed by atoms with van der Waals surface area (Å²) in [5, 5.41) is 0. The zero-order valence-electron chi connectivity index (χ0n) is 8.19. The van der Waals surface area contributed by atoms with Gasteiger partial charge in [0.25, 0.3) is 5.56 Å². The van der Waals surface area contributed by atoms with Crippen LogP contribution >= 0.6 is 0 Å². The Balaban J connectivity index is 2.66. The van der Waals surface area contributed by atoms with Crippen molar-refractivity contribution in [2.45, 2.75) is 19.7 Å². The topological polar surface area (TPSA) is 55.0 Å². The molecule has 90 valence electrons. The third-order valence-corrected chi connectivity index (χ3v) is 1.58. The molecule has 0 fully saturated rings. The van der Waals surface area contributed by atoms with E-state index in [4.69, 9.17) is 0 Å². The number of aromatic amines is 1. The minimum Gasteiger partial charge on any atom is -0.364 e. The number of nitrogens with zero attached hydrogens (tertiary/aromatic N) is 1. The van der Waals surface area contributed by atoms with Crippen LogP contribution in [-0.4, -0.2) is 22.8 Å². The van der Waals surface area contributed by atoms with Gasteiger partial charge < -0.3 is 9.72 Å². The number of H-pyrrole nitrogens is 1. The van der Waals surface area contributed by atoms with Gasteiger partial charge in [-0.3, -0.25) is 4.79 Å². The summed E-state index contributed by atoms with van der Waals surface area (Å²) >= 11 is 0. The molecular formula is C8H8F4N2O2. The molecule has 1 heterocycles. The van der Waals surface area contributed by atoms with E-state index in [0.717, 1.165) is 0 Å². The maximum atomic E-state index is 12.8. The minimum absolute atomic E-state index is 0.145. The average molecular weight is 240 g/mol. The van der Waals surface area contributed by atoms with Gasteiger partial charge >= 0.3 is 6.18 Å². The number of aromatic nitrogens is 2. The number of halogens is 4. The molecule has 0 amide bonds. The highest BCUT2D eigenvalue weighted by Gasteiger charge is 2.27. The zero-order chi connectivity index (χ0) is 12.3. The smallest absolute Gasteiger partial charge is 0.364 e. The van der Waals surface area contributed by atoms with Gasteiger partial charge in [0.15, 0.2) is 0 Å². The molecule has 0 aliphatic carbocycles. The normalized spacial score (nSPS) is 11.8. The van der Waals surface area contributed by atoms with E-state index in [1.54, 1.807) is 0 Å². The van der Waals surface area contributed by atoms with Gasteiger partial charge in [0, 0.05) is 0 Å². The first kappa shape index (κ1) is 12.6. The van der Waals surface area contributed by atoms with Crippen molar-refractivity contribution in [3.05, 3.63) is 27.7 Å². The Bertz CT molecular complexity index is 427. The van der Waals surface area contributed by atoms with Crippen molar-refractivity contribution in [1.82, 2.24) is 9.97 Å². The van der Waals surface area contributed by atoms with Crippen molar-refractivity contribution < 1.29 is 22.3 Å². The molecule has 0 aliphatic rings. The summed E-state index contributed by atoms with van der Waals surface area (Å²) in [6.45, 7) is -0.749. The summed E-state index contributed by atoms with van der Waals surface area (Å²) < 4.78 is 52.2. The third-order valence-electron chi connectivity index (χ3n) is 1.58. The molecule has 0 spiro atoms. The van der Waals surface area contributed by atoms with Crippen molar-refractivity contribution in [2.75, 3.05) is 6.61 Å². The molecule has 0 unspecified atom stereocenters. The Kier molecular flexibility index (Phi) is 3.63. The molecule has 0 radical (unpaired) electrons. The summed E-state index contributed by atoms with van der Waals surface area (Å²) in [7, 11) is 0. The summed E-state index contributed by atoms with van der Waals surface area (Å²) in [5.74, 6) is -1.20. The van der Waals surface area contributed by atoms with E-state index in [2.05, 4.69) is 9.72 Å². The number of alkyl halides is 3. The van der Waals surface area contributed by atoms with Crippen LogP contribution in [0, 0.1) is 12.7 Å². The van der Waals surface area contributed by atoms with Crippen LogP contribution in [-0.2, 0) is 11.3 Å². The van der Waals surface area contributed by atoms with E-state index in [1.165, 1.54) is 6.92 Å². The van der Waals surface area contributed by atoms with Crippen LogP contribution in [0.1, 0.15) is 11.5 Å². The quantitative estimate of drug-likeness (QED) is 0.810. The van der Waals surface area contributed by atoms with E-state index in [9.17, 15) is 22.4 Å². The van der Waals surface area contributed by atoms with Gasteiger partial charge in [-0.25, -0.2) is 4.98 Å². The van der Waals surface area contributed by atoms with E-state index in [1.807, 2.05) is 4.98 Å². The lowest BCUT2D eigenvalue weighted by Gasteiger charge is -2.07. The first-order valence-electron chi connectivity index (χ1n) is 4.19. The van der Waals surface area contributed by atoms with Gasteiger partial charge in [0.1, 0.15) is 19.0 Å². The molecule has 8 heteroatoms. The molecule has 16 heavy (non-hydrogen) atoms. The Morgan fingerprint density at radius 1 is 1.44 bits per heavy atom. The highest BCUT2D eigenvalue weighted by Crippen LogP contribution is 2.14. The predicted octanol–water partition coefficient (Wildman–Crippen LogP) is 1.30. The van der Waals surface area contributed by atoms with E-state index in [0.29, 0.717) is 0 Å². The molecule has 0 saturated carbocycles. The van der Waals surface area contributed by atoms with Crippen molar-refractivity contribution in [2.24, 2.45) is 0 Å². The van der Waals surface area contributed by atoms with Gasteiger partial charge in [0.05, 0.1) is 5.69 Å². The SMILES string of the molecule is Cc1nc(COCC(F)(F)F)[nH]c(=O)c1F. The molecule has 1 N–H and O–H groups in total. The number of aryl methyl sites for hydroxylation is 1. The lowest BCUT2D eigenvalue weighted by molar-refractivity contribution is -0.177. The molecule has 0 atom stereocenters. The molecule has 4 nitrogen and oxygen atoms in total. The van der Waals surface area contributed by atoms with Crippen LogP contribution in [0.15, 0.2) is 4.79 Å². The fourth-order valence-corrected chi connectivity index (χ4v) is 0.961. The highest BCUT2D eigenvalue weighted by molar-refractivity contribution is 5.02. The summed E-state index contributed by atoms with van der Waals surface area (Å²) in [6.07, 6.45) is -4.45. The number of hydrogen-bond acceptors (Lipinski definition) is 3. The minimum atomic E-state index is -4.45. The maximum absolute atomic E-state index is 12.8. The van der Waals surface area contributed by atoms with Crippen LogP contribution in [0.2, 0.25) is 0 Å². The number of ether oxygens (including phenoxy) is 1. The largest absolute Gasteiger partial charge is 0.411 e. The van der Waals surface area contributed by atoms with E-state index < -0.39 is 30.8 Å². The molecule has 1 aromatic rings. The number of nitrogens with one attached hydrogen (secondary N) is 1. The van der Waals surface area contributed by atoms with Crippen LogP contribution in [0.4, 0.5) is 17.6 Å². The van der Waals surface area contributed by atoms with Gasteiger partial charge in [-0.2, -0.15) is 17.6 Å². The monoisotopic (exact) mass is 240 g/mol. The first-order valence-corrected chi connectivity index (χ1v) is 4.19. The van der Waals surface area contributed by atoms with Crippen LogP contribution in [0.5, 0.6) is 0 Å². The van der Waals surface area contributed by atoms with Crippen molar-refractivity contribution in [3.8, 4) is 0 Å². The summed E-state index contributed by atoms with van der Waals surface area (Å²) in [5.41, 5.74) is -1.22. The summed E-state index contributed by atoms with van der Waals surface area (Å²) in [4.78, 5) is 16.4. The highest BCUT2D eigenvalue weighted by atomic mass is 19.4. The lowest BCUT2D eigenvalue weighted by atomic mass is 10.4. The zero-order valence-corrected chi connectivity index (χ0v) is 8.19. The first-order chi connectivity index (χ1) is 7.29. The van der Waals surface area contributed by atoms with E-state index in [-0.39, 0.29) is 11.5 Å². The molecule has 0 aliphatic heterocycles. The molecular weight excluding hydrogens is 232 g/mol. The second kappa shape index (κ2) is 4.60. The Morgan fingerprint density at radius 2 is 2.06 bits per heavy atom. The van der Waals surface area contributed by atoms with Gasteiger partial charge in [0.2, 0.25) is 5.82 Å². The van der Waals surface area contributed by atoms with Crippen molar-refractivity contribution in [3.63, 3.8) is 0 Å². The molecule has 0 saturated heterocycles. The van der Waals surface area contributed by atoms with Crippen molar-refractivity contribution in [1.29, 1.82) is 0 Å². The number of hydrogen-bond donors (Lipinski definition) is 1. The van der Waals surface area contributed by atoms with Gasteiger partial charge in [-0.15, -0.1) is 0 Å². The summed E-state index contributed by atoms with van der Waals surface area (Å²) in [6, 6.07) is 0. The lowest BCUT2D eigenvalue weighted by Crippen LogP contribution is -2.21. The Labute approximate surface area is 87.3 Å². The Hall–Kier alpha value is -1.44. The van der Waals surface area contributed by atoms with Gasteiger partial charge in [-0.05, 0) is 6.92 Å². The molecule has 1 aromatic heterocycles. The van der Waals surface area contributed by atoms with Crippen LogP contribution in [0.3, 0.4) is 0 Å². The van der Waals surface area contributed by atoms with E-state index >= 15 is 0 Å². The van der Waals surface area contributed by atoms with Gasteiger partial charge in [-0.1, -0.05) is 0 Å². The standard InChI is InChI=1S/C8H8F4N2O2/c1-4-6(9)7(15)14-5(13-4)2-16-3-8(10,11)12/h2-3H2,1H3,(H,13,14,15). The van der Waals surface area contributed by atoms with Crippen molar-refractivity contribution >= 4 is 0 Å². The molecule has 1 rings (SSSR count). The molecule has 0 bridgehead atoms. The second-order valence-corrected chi connectivity index (χ2v) is 3.02. The maximum Gasteiger partial charge on any atom is 0.411 e. The fourth-order valence-electron chi connectivity index (χ4n) is 0.961. The average Bonchev–Trinajstić information content (AvgIpc) is 2.12. The Morgan fingerprint density at radius 3 is 2.56 bits per heavy atom. The predicted molar refractivity (Wildman–Crippen MR) is 45.3 cm³/mol. The second-order valence-electron chi connectivity index (χ2n) is 3.02. The van der Waals surface area contributed by atoms with Crippen LogP contribution < -0.4 is 5.56 Å².